The van der Waals surface area contributed by atoms with Gasteiger partial charge in [-0.3, -0.25) is 14.9 Å². The van der Waals surface area contributed by atoms with Crippen molar-refractivity contribution in [2.24, 2.45) is 5.92 Å². The first-order chi connectivity index (χ1) is 8.32. The maximum absolute atomic E-state index is 13.0. The van der Waals surface area contributed by atoms with E-state index in [2.05, 4.69) is 5.32 Å². The molecule has 0 aromatic heterocycles. The molecule has 0 heterocycles. The smallest absolute Gasteiger partial charge is 0.308 e. The first-order valence-corrected chi connectivity index (χ1v) is 5.26. The van der Waals surface area contributed by atoms with Gasteiger partial charge in [0.1, 0.15) is 11.5 Å². The number of carboxylic acid groups (broad SMARTS) is 1. The van der Waals surface area contributed by atoms with Gasteiger partial charge < -0.3 is 10.4 Å². The maximum atomic E-state index is 13.0. The van der Waals surface area contributed by atoms with E-state index in [0.717, 1.165) is 18.2 Å². The van der Waals surface area contributed by atoms with Crippen molar-refractivity contribution in [2.45, 2.75) is 19.9 Å². The molecule has 1 rings (SSSR count). The summed E-state index contributed by atoms with van der Waals surface area (Å²) in [4.78, 5) is 20.9. The lowest BCUT2D eigenvalue weighted by atomic mass is 10.0. The predicted molar refractivity (Wildman–Crippen MR) is 62.9 cm³/mol. The average Bonchev–Trinajstić information content (AvgIpc) is 2.27. The Bertz CT molecular complexity index is 478. The molecule has 0 aliphatic rings. The van der Waals surface area contributed by atoms with E-state index in [0.29, 0.717) is 0 Å². The summed E-state index contributed by atoms with van der Waals surface area (Å²) in [6, 6.07) is 2.43. The summed E-state index contributed by atoms with van der Waals surface area (Å²) in [5.41, 5.74) is -0.318. The van der Waals surface area contributed by atoms with Crippen LogP contribution in [0.2, 0.25) is 0 Å². The van der Waals surface area contributed by atoms with Crippen molar-refractivity contribution in [3.05, 3.63) is 34.1 Å². The van der Waals surface area contributed by atoms with Crippen molar-refractivity contribution < 1.29 is 19.2 Å². The average molecular weight is 256 g/mol. The molecule has 0 radical (unpaired) electrons. The fourth-order valence-electron chi connectivity index (χ4n) is 1.37. The van der Waals surface area contributed by atoms with Gasteiger partial charge in [0.25, 0.3) is 5.69 Å². The van der Waals surface area contributed by atoms with Crippen LogP contribution in [0.25, 0.3) is 0 Å². The van der Waals surface area contributed by atoms with Crippen LogP contribution in [0.3, 0.4) is 0 Å². The van der Waals surface area contributed by atoms with Gasteiger partial charge in [0.15, 0.2) is 0 Å². The summed E-state index contributed by atoms with van der Waals surface area (Å²) >= 11 is 0. The zero-order valence-electron chi connectivity index (χ0n) is 9.88. The monoisotopic (exact) mass is 256 g/mol. The van der Waals surface area contributed by atoms with E-state index >= 15 is 0 Å². The number of nitrogens with one attached hydrogen (secondary N) is 1. The van der Waals surface area contributed by atoms with Crippen LogP contribution >= 0.6 is 0 Å². The van der Waals surface area contributed by atoms with Gasteiger partial charge in [-0.25, -0.2) is 4.39 Å². The Morgan fingerprint density at radius 2 is 2.11 bits per heavy atom. The molecule has 18 heavy (non-hydrogen) atoms. The molecular formula is C11H13FN2O4. The number of nitrogens with zero attached hydrogens (tertiary/aromatic N) is 1. The highest BCUT2D eigenvalue weighted by molar-refractivity contribution is 5.72. The predicted octanol–water partition coefficient (Wildman–Crippen LogP) is 2.25. The molecule has 0 saturated carbocycles. The molecule has 0 bridgehead atoms. The molecule has 6 nitrogen and oxygen atoms in total. The zero-order chi connectivity index (χ0) is 13.9. The van der Waals surface area contributed by atoms with E-state index < -0.39 is 28.7 Å². The maximum Gasteiger partial charge on any atom is 0.308 e. The fourth-order valence-corrected chi connectivity index (χ4v) is 1.37. The number of carboxylic acids is 1. The number of halogens is 1. The molecule has 0 spiro atoms. The summed E-state index contributed by atoms with van der Waals surface area (Å²) < 4.78 is 13.0. The Kier molecular flexibility index (Phi) is 4.19. The summed E-state index contributed by atoms with van der Waals surface area (Å²) in [5.74, 6) is -2.42. The minimum absolute atomic E-state index is 0.0272. The second-order valence-corrected chi connectivity index (χ2v) is 3.98. The van der Waals surface area contributed by atoms with Crippen molar-refractivity contribution >= 4 is 17.3 Å². The van der Waals surface area contributed by atoms with E-state index in [1.807, 2.05) is 0 Å². The number of anilines is 1. The van der Waals surface area contributed by atoms with Crippen LogP contribution < -0.4 is 5.32 Å². The van der Waals surface area contributed by atoms with Gasteiger partial charge in [0.05, 0.1) is 10.8 Å². The van der Waals surface area contributed by atoms with Gasteiger partial charge in [-0.1, -0.05) is 0 Å². The first kappa shape index (κ1) is 13.9. The van der Waals surface area contributed by atoms with Crippen LogP contribution in [0.4, 0.5) is 15.8 Å². The number of rotatable bonds is 5. The van der Waals surface area contributed by atoms with Gasteiger partial charge in [0.2, 0.25) is 0 Å². The van der Waals surface area contributed by atoms with Crippen LogP contribution in [0.5, 0.6) is 0 Å². The minimum Gasteiger partial charge on any atom is -0.481 e. The molecule has 7 heteroatoms. The summed E-state index contributed by atoms with van der Waals surface area (Å²) in [5, 5.41) is 22.2. The molecule has 2 N–H and O–H groups in total. The third kappa shape index (κ3) is 3.16. The second-order valence-electron chi connectivity index (χ2n) is 3.98. The highest BCUT2D eigenvalue weighted by Crippen LogP contribution is 2.26. The minimum atomic E-state index is -1.03. The molecule has 2 atom stereocenters. The summed E-state index contributed by atoms with van der Waals surface area (Å²) in [6.45, 7) is 3.03. The van der Waals surface area contributed by atoms with Gasteiger partial charge in [0, 0.05) is 18.2 Å². The van der Waals surface area contributed by atoms with E-state index in [4.69, 9.17) is 5.11 Å². The lowest BCUT2D eigenvalue weighted by Gasteiger charge is -2.18. The molecule has 2 unspecified atom stereocenters. The van der Waals surface area contributed by atoms with E-state index in [1.54, 1.807) is 6.92 Å². The molecule has 1 aromatic carbocycles. The zero-order valence-corrected chi connectivity index (χ0v) is 9.88. The Labute approximate surface area is 103 Å². The van der Waals surface area contributed by atoms with E-state index in [1.165, 1.54) is 6.92 Å². The Hall–Kier alpha value is -2.18. The van der Waals surface area contributed by atoms with Crippen LogP contribution in [-0.4, -0.2) is 22.0 Å². The number of carbonyl (C=O) groups is 1. The molecule has 0 aliphatic heterocycles. The van der Waals surface area contributed by atoms with Crippen LogP contribution in [0, 0.1) is 21.8 Å². The number of hydrogen-bond donors (Lipinski definition) is 2. The number of nitro groups is 1. The van der Waals surface area contributed by atoms with Crippen molar-refractivity contribution in [1.82, 2.24) is 0 Å². The number of hydrogen-bond acceptors (Lipinski definition) is 4. The van der Waals surface area contributed by atoms with Crippen molar-refractivity contribution in [1.29, 1.82) is 0 Å². The van der Waals surface area contributed by atoms with Gasteiger partial charge in [-0.05, 0) is 19.9 Å². The lowest BCUT2D eigenvalue weighted by molar-refractivity contribution is -0.384. The van der Waals surface area contributed by atoms with E-state index in [9.17, 15) is 19.3 Å². The van der Waals surface area contributed by atoms with Gasteiger partial charge in [-0.15, -0.1) is 0 Å². The highest BCUT2D eigenvalue weighted by Gasteiger charge is 2.22. The van der Waals surface area contributed by atoms with Crippen LogP contribution in [0.15, 0.2) is 18.2 Å². The summed E-state index contributed by atoms with van der Waals surface area (Å²) in [7, 11) is 0. The number of benzene rings is 1. The Morgan fingerprint density at radius 3 is 2.61 bits per heavy atom. The summed E-state index contributed by atoms with van der Waals surface area (Å²) in [6.07, 6.45) is 0. The van der Waals surface area contributed by atoms with Crippen LogP contribution in [0.1, 0.15) is 13.8 Å². The number of nitro benzene ring substituents is 1. The Balaban J connectivity index is 2.99. The highest BCUT2D eigenvalue weighted by atomic mass is 19.1. The SMILES string of the molecule is CC(Nc1cc(F)ccc1[N+](=O)[O-])C(C)C(=O)O. The third-order valence-corrected chi connectivity index (χ3v) is 2.68. The molecule has 0 saturated heterocycles. The standard InChI is InChI=1S/C11H13FN2O4/c1-6(11(15)16)7(2)13-9-5-8(12)3-4-10(9)14(17)18/h3-7,13H,1-2H3,(H,15,16). The molecular weight excluding hydrogens is 243 g/mol. The lowest BCUT2D eigenvalue weighted by Crippen LogP contribution is -2.30. The molecule has 0 amide bonds. The number of aliphatic carboxylic acids is 1. The van der Waals surface area contributed by atoms with Gasteiger partial charge >= 0.3 is 5.97 Å². The van der Waals surface area contributed by atoms with Crippen molar-refractivity contribution in [3.8, 4) is 0 Å². The molecule has 0 aliphatic carbocycles. The molecule has 1 aromatic rings. The first-order valence-electron chi connectivity index (χ1n) is 5.26. The molecule has 98 valence electrons. The second kappa shape index (κ2) is 5.44. The third-order valence-electron chi connectivity index (χ3n) is 2.68. The van der Waals surface area contributed by atoms with Crippen LogP contribution in [-0.2, 0) is 4.79 Å². The Morgan fingerprint density at radius 1 is 1.50 bits per heavy atom. The topological polar surface area (TPSA) is 92.5 Å². The quantitative estimate of drug-likeness (QED) is 0.622. The fraction of sp³-hybridized carbons (Fsp3) is 0.364. The molecule has 0 fully saturated rings. The van der Waals surface area contributed by atoms with Gasteiger partial charge in [-0.2, -0.15) is 0 Å². The van der Waals surface area contributed by atoms with Crippen molar-refractivity contribution in [3.63, 3.8) is 0 Å². The largest absolute Gasteiger partial charge is 0.481 e. The normalized spacial score (nSPS) is 13.7. The van der Waals surface area contributed by atoms with Crippen molar-refractivity contribution in [2.75, 3.05) is 5.32 Å². The van der Waals surface area contributed by atoms with E-state index in [-0.39, 0.29) is 11.4 Å².